The van der Waals surface area contributed by atoms with Gasteiger partial charge in [-0.25, -0.2) is 9.37 Å². The molecule has 0 atom stereocenters. The zero-order chi connectivity index (χ0) is 14.8. The zero-order valence-electron chi connectivity index (χ0n) is 11.2. The Morgan fingerprint density at radius 2 is 2.00 bits per heavy atom. The van der Waals surface area contributed by atoms with Crippen LogP contribution in [0.2, 0.25) is 0 Å². The smallest absolute Gasteiger partial charge is 0.165 e. The number of aromatic nitrogens is 1. The van der Waals surface area contributed by atoms with E-state index in [1.165, 1.54) is 24.5 Å². The van der Waals surface area contributed by atoms with Crippen molar-refractivity contribution in [2.75, 3.05) is 7.11 Å². The highest BCUT2D eigenvalue weighted by molar-refractivity contribution is 7.13. The summed E-state index contributed by atoms with van der Waals surface area (Å²) < 4.78 is 18.6. The standard InChI is InChI=1S/C16H12FNO2S/c1-20-15-6-5-10(8-13(15)17)14-9-21-16(18-14)11-3-2-4-12(19)7-11/h2-9,19H,1H3. The topological polar surface area (TPSA) is 42.4 Å². The first-order chi connectivity index (χ1) is 10.2. The molecule has 0 saturated heterocycles. The molecule has 3 aromatic rings. The van der Waals surface area contributed by atoms with Crippen LogP contribution < -0.4 is 4.74 Å². The van der Waals surface area contributed by atoms with Gasteiger partial charge in [-0.3, -0.25) is 0 Å². The first-order valence-corrected chi connectivity index (χ1v) is 7.14. The lowest BCUT2D eigenvalue weighted by atomic mass is 10.1. The molecule has 0 unspecified atom stereocenters. The molecule has 0 radical (unpaired) electrons. The number of ether oxygens (including phenoxy) is 1. The quantitative estimate of drug-likeness (QED) is 0.783. The van der Waals surface area contributed by atoms with Gasteiger partial charge in [0.25, 0.3) is 0 Å². The molecule has 0 aliphatic heterocycles. The lowest BCUT2D eigenvalue weighted by Gasteiger charge is -2.03. The second-order valence-electron chi connectivity index (χ2n) is 4.44. The molecule has 5 heteroatoms. The van der Waals surface area contributed by atoms with Crippen molar-refractivity contribution in [3.05, 3.63) is 53.7 Å². The average Bonchev–Trinajstić information content (AvgIpc) is 2.97. The van der Waals surface area contributed by atoms with E-state index in [4.69, 9.17) is 4.74 Å². The molecule has 1 aromatic heterocycles. The molecule has 0 bridgehead atoms. The number of benzene rings is 2. The van der Waals surface area contributed by atoms with Crippen molar-refractivity contribution in [1.29, 1.82) is 0 Å². The van der Waals surface area contributed by atoms with Crippen LogP contribution in [-0.4, -0.2) is 17.2 Å². The van der Waals surface area contributed by atoms with Gasteiger partial charge in [-0.2, -0.15) is 0 Å². The van der Waals surface area contributed by atoms with E-state index < -0.39 is 5.82 Å². The van der Waals surface area contributed by atoms with Gasteiger partial charge in [0.05, 0.1) is 12.8 Å². The number of halogens is 1. The SMILES string of the molecule is COc1ccc(-c2csc(-c3cccc(O)c3)n2)cc1F. The lowest BCUT2D eigenvalue weighted by Crippen LogP contribution is -1.88. The lowest BCUT2D eigenvalue weighted by molar-refractivity contribution is 0.386. The van der Waals surface area contributed by atoms with Crippen LogP contribution in [0.5, 0.6) is 11.5 Å². The van der Waals surface area contributed by atoms with Crippen LogP contribution >= 0.6 is 11.3 Å². The maximum atomic E-state index is 13.7. The summed E-state index contributed by atoms with van der Waals surface area (Å²) in [6.07, 6.45) is 0. The molecular weight excluding hydrogens is 289 g/mol. The molecule has 0 saturated carbocycles. The van der Waals surface area contributed by atoms with Gasteiger partial charge in [0.1, 0.15) is 10.8 Å². The van der Waals surface area contributed by atoms with Gasteiger partial charge in [-0.15, -0.1) is 11.3 Å². The predicted molar refractivity (Wildman–Crippen MR) is 81.2 cm³/mol. The van der Waals surface area contributed by atoms with Crippen LogP contribution in [0, 0.1) is 5.82 Å². The van der Waals surface area contributed by atoms with Gasteiger partial charge in [-0.05, 0) is 30.3 Å². The number of nitrogens with zero attached hydrogens (tertiary/aromatic N) is 1. The average molecular weight is 301 g/mol. The minimum atomic E-state index is -0.415. The Morgan fingerprint density at radius 1 is 1.14 bits per heavy atom. The van der Waals surface area contributed by atoms with Crippen LogP contribution in [0.4, 0.5) is 4.39 Å². The van der Waals surface area contributed by atoms with Gasteiger partial charge in [0.15, 0.2) is 11.6 Å². The van der Waals surface area contributed by atoms with E-state index in [1.807, 2.05) is 11.4 Å². The molecule has 21 heavy (non-hydrogen) atoms. The normalized spacial score (nSPS) is 10.6. The summed E-state index contributed by atoms with van der Waals surface area (Å²) in [6, 6.07) is 11.6. The minimum absolute atomic E-state index is 0.194. The molecule has 1 N–H and O–H groups in total. The Morgan fingerprint density at radius 3 is 2.71 bits per heavy atom. The van der Waals surface area contributed by atoms with Crippen molar-refractivity contribution in [2.45, 2.75) is 0 Å². The number of thiazole rings is 1. The number of phenolic OH excluding ortho intramolecular Hbond substituents is 1. The van der Waals surface area contributed by atoms with Crippen molar-refractivity contribution in [2.24, 2.45) is 0 Å². The third kappa shape index (κ3) is 2.73. The van der Waals surface area contributed by atoms with E-state index in [0.717, 1.165) is 10.6 Å². The fourth-order valence-corrected chi connectivity index (χ4v) is 2.83. The van der Waals surface area contributed by atoms with Gasteiger partial charge < -0.3 is 9.84 Å². The third-order valence-electron chi connectivity index (χ3n) is 3.04. The molecular formula is C16H12FNO2S. The maximum absolute atomic E-state index is 13.7. The minimum Gasteiger partial charge on any atom is -0.508 e. The summed E-state index contributed by atoms with van der Waals surface area (Å²) in [6.45, 7) is 0. The predicted octanol–water partition coefficient (Wildman–Crippen LogP) is 4.33. The number of phenols is 1. The Labute approximate surface area is 125 Å². The maximum Gasteiger partial charge on any atom is 0.165 e. The van der Waals surface area contributed by atoms with Crippen molar-refractivity contribution in [3.63, 3.8) is 0 Å². The second-order valence-corrected chi connectivity index (χ2v) is 5.30. The first-order valence-electron chi connectivity index (χ1n) is 6.26. The number of hydrogen-bond donors (Lipinski definition) is 1. The summed E-state index contributed by atoms with van der Waals surface area (Å²) in [7, 11) is 1.43. The summed E-state index contributed by atoms with van der Waals surface area (Å²) in [5.41, 5.74) is 2.22. The largest absolute Gasteiger partial charge is 0.508 e. The monoisotopic (exact) mass is 301 g/mol. The summed E-state index contributed by atoms with van der Waals surface area (Å²) in [5, 5.41) is 12.1. The highest BCUT2D eigenvalue weighted by Crippen LogP contribution is 2.31. The molecule has 1 heterocycles. The van der Waals surface area contributed by atoms with E-state index in [1.54, 1.807) is 30.3 Å². The number of aromatic hydroxyl groups is 1. The van der Waals surface area contributed by atoms with Gasteiger partial charge >= 0.3 is 0 Å². The molecule has 0 amide bonds. The van der Waals surface area contributed by atoms with Crippen LogP contribution in [0.25, 0.3) is 21.8 Å². The van der Waals surface area contributed by atoms with Gasteiger partial charge in [0, 0.05) is 16.5 Å². The van der Waals surface area contributed by atoms with Crippen molar-refractivity contribution in [1.82, 2.24) is 4.98 Å². The van der Waals surface area contributed by atoms with E-state index in [2.05, 4.69) is 4.98 Å². The Hall–Kier alpha value is -2.40. The molecule has 0 aliphatic carbocycles. The molecule has 0 aliphatic rings. The van der Waals surface area contributed by atoms with Crippen molar-refractivity contribution < 1.29 is 14.2 Å². The molecule has 0 fully saturated rings. The summed E-state index contributed by atoms with van der Waals surface area (Å²) in [5.74, 6) is -0.0103. The van der Waals surface area contributed by atoms with Gasteiger partial charge in [0.2, 0.25) is 0 Å². The van der Waals surface area contributed by atoms with Crippen LogP contribution in [0.3, 0.4) is 0 Å². The zero-order valence-corrected chi connectivity index (χ0v) is 12.0. The van der Waals surface area contributed by atoms with Gasteiger partial charge in [-0.1, -0.05) is 12.1 Å². The summed E-state index contributed by atoms with van der Waals surface area (Å²) in [4.78, 5) is 4.49. The van der Waals surface area contributed by atoms with Crippen LogP contribution in [0.15, 0.2) is 47.8 Å². The fourth-order valence-electron chi connectivity index (χ4n) is 2.00. The Kier molecular flexibility index (Phi) is 3.58. The molecule has 2 aromatic carbocycles. The number of rotatable bonds is 3. The summed E-state index contributed by atoms with van der Waals surface area (Å²) >= 11 is 1.45. The van der Waals surface area contributed by atoms with Crippen LogP contribution in [-0.2, 0) is 0 Å². The van der Waals surface area contributed by atoms with E-state index in [9.17, 15) is 9.50 Å². The Balaban J connectivity index is 1.96. The Bertz CT molecular complexity index is 785. The fraction of sp³-hybridized carbons (Fsp3) is 0.0625. The highest BCUT2D eigenvalue weighted by atomic mass is 32.1. The second kappa shape index (κ2) is 5.54. The highest BCUT2D eigenvalue weighted by Gasteiger charge is 2.10. The van der Waals surface area contributed by atoms with Crippen LogP contribution in [0.1, 0.15) is 0 Å². The van der Waals surface area contributed by atoms with E-state index >= 15 is 0 Å². The van der Waals surface area contributed by atoms with E-state index in [-0.39, 0.29) is 11.5 Å². The van der Waals surface area contributed by atoms with Crippen molar-refractivity contribution in [3.8, 4) is 33.3 Å². The third-order valence-corrected chi connectivity index (χ3v) is 3.94. The number of methoxy groups -OCH3 is 1. The molecule has 0 spiro atoms. The molecule has 3 nitrogen and oxygen atoms in total. The van der Waals surface area contributed by atoms with Crippen molar-refractivity contribution >= 4 is 11.3 Å². The molecule has 106 valence electrons. The first kappa shape index (κ1) is 13.6. The number of hydrogen-bond acceptors (Lipinski definition) is 4. The molecule has 3 rings (SSSR count). The van der Waals surface area contributed by atoms with E-state index in [0.29, 0.717) is 11.3 Å².